The average Bonchev–Trinajstić information content (AvgIpc) is 3.22. The van der Waals surface area contributed by atoms with Gasteiger partial charge < -0.3 is 20.7 Å². The lowest BCUT2D eigenvalue weighted by atomic mass is 9.76. The lowest BCUT2D eigenvalue weighted by molar-refractivity contribution is -0.139. The largest absolute Gasteiger partial charge is 0.368 e. The van der Waals surface area contributed by atoms with Crippen LogP contribution in [0.1, 0.15) is 32.1 Å². The van der Waals surface area contributed by atoms with E-state index >= 15 is 0 Å². The lowest BCUT2D eigenvalue weighted by Gasteiger charge is -2.26. The van der Waals surface area contributed by atoms with Gasteiger partial charge in [-0.25, -0.2) is 0 Å². The Morgan fingerprint density at radius 3 is 2.80 bits per heavy atom. The van der Waals surface area contributed by atoms with Crippen LogP contribution in [0.25, 0.3) is 0 Å². The van der Waals surface area contributed by atoms with Crippen LogP contribution < -0.4 is 11.1 Å². The van der Waals surface area contributed by atoms with Gasteiger partial charge in [-0.3, -0.25) is 14.4 Å². The molecule has 1 aliphatic carbocycles. The van der Waals surface area contributed by atoms with Crippen molar-refractivity contribution < 1.29 is 19.1 Å². The number of carbonyl (C=O) groups excluding carboxylic acids is 3. The summed E-state index contributed by atoms with van der Waals surface area (Å²) >= 11 is 0. The fourth-order valence-electron chi connectivity index (χ4n) is 4.95. The van der Waals surface area contributed by atoms with Gasteiger partial charge in [-0.2, -0.15) is 0 Å². The van der Waals surface area contributed by atoms with E-state index in [0.717, 1.165) is 12.8 Å². The molecular formula is C18H25N3O4. The van der Waals surface area contributed by atoms with Crippen molar-refractivity contribution in [3.05, 3.63) is 12.2 Å². The van der Waals surface area contributed by atoms with Crippen LogP contribution in [0.4, 0.5) is 0 Å². The van der Waals surface area contributed by atoms with Crippen LogP contribution in [0.3, 0.4) is 0 Å². The number of nitrogens with two attached hydrogens (primary N) is 1. The highest BCUT2D eigenvalue weighted by atomic mass is 16.5. The van der Waals surface area contributed by atoms with Gasteiger partial charge >= 0.3 is 0 Å². The fourth-order valence-corrected chi connectivity index (χ4v) is 4.95. The van der Waals surface area contributed by atoms with Gasteiger partial charge in [-0.05, 0) is 18.8 Å². The number of fused-ring (bicyclic) bond motifs is 1. The molecule has 3 aliphatic heterocycles. The van der Waals surface area contributed by atoms with E-state index < -0.39 is 23.3 Å². The quantitative estimate of drug-likeness (QED) is 0.681. The number of primary amides is 1. The second kappa shape index (κ2) is 6.12. The van der Waals surface area contributed by atoms with Crippen LogP contribution in [-0.4, -0.2) is 54.0 Å². The van der Waals surface area contributed by atoms with Crippen molar-refractivity contribution in [2.45, 2.75) is 43.8 Å². The monoisotopic (exact) mass is 347 g/mol. The van der Waals surface area contributed by atoms with Crippen molar-refractivity contribution in [3.63, 3.8) is 0 Å². The molecule has 0 aromatic heterocycles. The zero-order chi connectivity index (χ0) is 17.6. The molecule has 136 valence electrons. The third kappa shape index (κ3) is 2.74. The van der Waals surface area contributed by atoms with Gasteiger partial charge in [0.1, 0.15) is 5.60 Å². The highest BCUT2D eigenvalue weighted by Crippen LogP contribution is 2.51. The zero-order valence-electron chi connectivity index (χ0n) is 14.3. The minimum absolute atomic E-state index is 0.110. The molecule has 1 spiro atoms. The molecular weight excluding hydrogens is 322 g/mol. The van der Waals surface area contributed by atoms with E-state index in [2.05, 4.69) is 5.32 Å². The summed E-state index contributed by atoms with van der Waals surface area (Å²) in [5, 5.41) is 3.05. The summed E-state index contributed by atoms with van der Waals surface area (Å²) in [7, 11) is 0. The standard InChI is InChI=1S/C18H25N3O4/c19-13(22)9-21-10-18-7-6-12(25-18)14(15(18)17(21)24)16(23)20-8-11-4-2-1-3-5-11/h6-7,11-12,14-15H,1-5,8-10H2,(H2,19,22)(H,20,23)/t12-,14-,15+,18-/m1/s1. The van der Waals surface area contributed by atoms with Gasteiger partial charge in [0.2, 0.25) is 17.7 Å². The third-order valence-electron chi connectivity index (χ3n) is 6.12. The number of hydrogen-bond acceptors (Lipinski definition) is 4. The van der Waals surface area contributed by atoms with Crippen LogP contribution in [0.5, 0.6) is 0 Å². The Labute approximate surface area is 146 Å². The molecule has 3 N–H and O–H groups in total. The first-order chi connectivity index (χ1) is 12.0. The number of rotatable bonds is 5. The number of nitrogens with zero attached hydrogens (tertiary/aromatic N) is 1. The number of amides is 3. The second-order valence-electron chi connectivity index (χ2n) is 7.81. The van der Waals surface area contributed by atoms with Gasteiger partial charge in [0.05, 0.1) is 31.0 Å². The summed E-state index contributed by atoms with van der Waals surface area (Å²) in [6.07, 6.45) is 9.45. The van der Waals surface area contributed by atoms with Crippen LogP contribution in [0, 0.1) is 17.8 Å². The maximum Gasteiger partial charge on any atom is 0.237 e. The molecule has 0 unspecified atom stereocenters. The summed E-state index contributed by atoms with van der Waals surface area (Å²) in [6.45, 7) is 0.832. The number of hydrogen-bond donors (Lipinski definition) is 2. The Morgan fingerprint density at radius 1 is 1.32 bits per heavy atom. The maximum atomic E-state index is 12.8. The first-order valence-corrected chi connectivity index (χ1v) is 9.22. The molecule has 0 radical (unpaired) electrons. The molecule has 4 aliphatic rings. The first kappa shape index (κ1) is 16.6. The zero-order valence-corrected chi connectivity index (χ0v) is 14.3. The number of nitrogens with one attached hydrogen (secondary N) is 1. The Bertz CT molecular complexity index is 628. The van der Waals surface area contributed by atoms with Crippen LogP contribution in [-0.2, 0) is 19.1 Å². The van der Waals surface area contributed by atoms with Gasteiger partial charge in [-0.15, -0.1) is 0 Å². The van der Waals surface area contributed by atoms with Crippen molar-refractivity contribution in [2.24, 2.45) is 23.5 Å². The van der Waals surface area contributed by atoms with Crippen molar-refractivity contribution in [3.8, 4) is 0 Å². The molecule has 3 amide bonds. The van der Waals surface area contributed by atoms with Crippen LogP contribution >= 0.6 is 0 Å². The molecule has 1 saturated carbocycles. The molecule has 7 heteroatoms. The van der Waals surface area contributed by atoms with Gasteiger partial charge in [0.15, 0.2) is 0 Å². The highest BCUT2D eigenvalue weighted by Gasteiger charge is 2.66. The van der Waals surface area contributed by atoms with Crippen LogP contribution in [0.15, 0.2) is 12.2 Å². The SMILES string of the molecule is NC(=O)CN1C[C@@]23C=C[C@@H](O2)[C@@H](C(=O)NCC2CCCCC2)[C@H]3C1=O. The highest BCUT2D eigenvalue weighted by molar-refractivity contribution is 5.94. The Kier molecular flexibility index (Phi) is 4.06. The minimum atomic E-state index is -0.774. The van der Waals surface area contributed by atoms with Gasteiger partial charge in [-0.1, -0.05) is 31.4 Å². The van der Waals surface area contributed by atoms with E-state index in [9.17, 15) is 14.4 Å². The average molecular weight is 347 g/mol. The van der Waals surface area contributed by atoms with Gasteiger partial charge in [0, 0.05) is 6.54 Å². The van der Waals surface area contributed by atoms with E-state index in [-0.39, 0.29) is 24.5 Å². The first-order valence-electron chi connectivity index (χ1n) is 9.22. The summed E-state index contributed by atoms with van der Waals surface area (Å²) in [5.41, 5.74) is 4.46. The van der Waals surface area contributed by atoms with Crippen molar-refractivity contribution in [2.75, 3.05) is 19.6 Å². The molecule has 2 saturated heterocycles. The second-order valence-corrected chi connectivity index (χ2v) is 7.81. The van der Waals surface area contributed by atoms with Crippen LogP contribution in [0.2, 0.25) is 0 Å². The normalized spacial score (nSPS) is 36.7. The Morgan fingerprint density at radius 2 is 2.08 bits per heavy atom. The summed E-state index contributed by atoms with van der Waals surface area (Å²) in [6, 6.07) is 0. The van der Waals surface area contributed by atoms with Crippen molar-refractivity contribution in [1.82, 2.24) is 10.2 Å². The van der Waals surface area contributed by atoms with E-state index in [1.165, 1.54) is 24.2 Å². The molecule has 4 rings (SSSR count). The molecule has 3 heterocycles. The van der Waals surface area contributed by atoms with Crippen molar-refractivity contribution >= 4 is 17.7 Å². The predicted molar refractivity (Wildman–Crippen MR) is 89.1 cm³/mol. The molecule has 2 bridgehead atoms. The van der Waals surface area contributed by atoms with Crippen molar-refractivity contribution in [1.29, 1.82) is 0 Å². The summed E-state index contributed by atoms with van der Waals surface area (Å²) in [4.78, 5) is 38.2. The molecule has 0 aromatic carbocycles. The van der Waals surface area contributed by atoms with E-state index in [1.54, 1.807) is 0 Å². The molecule has 4 atom stereocenters. The number of carbonyl (C=O) groups is 3. The van der Waals surface area contributed by atoms with E-state index in [1.807, 2.05) is 12.2 Å². The lowest BCUT2D eigenvalue weighted by Crippen LogP contribution is -2.45. The smallest absolute Gasteiger partial charge is 0.237 e. The number of ether oxygens (including phenoxy) is 1. The predicted octanol–water partition coefficient (Wildman–Crippen LogP) is -0.0498. The topological polar surface area (TPSA) is 102 Å². The minimum Gasteiger partial charge on any atom is -0.368 e. The van der Waals surface area contributed by atoms with E-state index in [0.29, 0.717) is 19.0 Å². The van der Waals surface area contributed by atoms with E-state index in [4.69, 9.17) is 10.5 Å². The number of likely N-dealkylation sites (tertiary alicyclic amines) is 1. The fraction of sp³-hybridized carbons (Fsp3) is 0.722. The molecule has 7 nitrogen and oxygen atoms in total. The molecule has 3 fully saturated rings. The van der Waals surface area contributed by atoms with Gasteiger partial charge in [0.25, 0.3) is 0 Å². The third-order valence-corrected chi connectivity index (χ3v) is 6.12. The Hall–Kier alpha value is -1.89. The maximum absolute atomic E-state index is 12.8. The summed E-state index contributed by atoms with van der Waals surface area (Å²) in [5.74, 6) is -1.40. The molecule has 25 heavy (non-hydrogen) atoms. The molecule has 0 aromatic rings. The summed E-state index contributed by atoms with van der Waals surface area (Å²) < 4.78 is 6.01. The Balaban J connectivity index is 1.45.